The lowest BCUT2D eigenvalue weighted by molar-refractivity contribution is -0.138. The van der Waals surface area contributed by atoms with Crippen molar-refractivity contribution in [3.63, 3.8) is 0 Å². The van der Waals surface area contributed by atoms with Crippen molar-refractivity contribution in [3.05, 3.63) is 23.8 Å². The highest BCUT2D eigenvalue weighted by molar-refractivity contribution is 6.05. The zero-order valence-corrected chi connectivity index (χ0v) is 14.4. The average molecular weight is 332 g/mol. The summed E-state index contributed by atoms with van der Waals surface area (Å²) >= 11 is 0. The van der Waals surface area contributed by atoms with Gasteiger partial charge in [-0.2, -0.15) is 0 Å². The van der Waals surface area contributed by atoms with Gasteiger partial charge >= 0.3 is 0 Å². The molecule has 24 heavy (non-hydrogen) atoms. The summed E-state index contributed by atoms with van der Waals surface area (Å²) in [6.07, 6.45) is 0.942. The van der Waals surface area contributed by atoms with E-state index in [0.29, 0.717) is 32.0 Å². The number of imide groups is 1. The van der Waals surface area contributed by atoms with Crippen molar-refractivity contribution in [2.45, 2.75) is 19.9 Å². The van der Waals surface area contributed by atoms with Crippen LogP contribution in [0.5, 0.6) is 11.5 Å². The largest absolute Gasteiger partial charge is 0.493 e. The van der Waals surface area contributed by atoms with Crippen LogP contribution in [0.15, 0.2) is 18.2 Å². The molecule has 0 aromatic heterocycles. The van der Waals surface area contributed by atoms with E-state index >= 15 is 0 Å². The Kier molecular flexibility index (Phi) is 4.76. The van der Waals surface area contributed by atoms with E-state index in [0.717, 1.165) is 17.7 Å². The van der Waals surface area contributed by atoms with E-state index in [4.69, 9.17) is 9.47 Å². The summed E-state index contributed by atoms with van der Waals surface area (Å²) in [5.74, 6) is 0.996. The van der Waals surface area contributed by atoms with Crippen LogP contribution in [0.1, 0.15) is 18.9 Å². The summed E-state index contributed by atoms with van der Waals surface area (Å²) in [5.41, 5.74) is 1.09. The van der Waals surface area contributed by atoms with Gasteiger partial charge in [0.05, 0.1) is 25.6 Å². The molecule has 0 aliphatic carbocycles. The Hall–Kier alpha value is -2.08. The molecule has 2 aliphatic heterocycles. The summed E-state index contributed by atoms with van der Waals surface area (Å²) in [4.78, 5) is 27.6. The zero-order valence-electron chi connectivity index (χ0n) is 14.4. The van der Waals surface area contributed by atoms with E-state index < -0.39 is 0 Å². The van der Waals surface area contributed by atoms with Gasteiger partial charge in [0.25, 0.3) is 0 Å². The maximum atomic E-state index is 12.1. The number of benzene rings is 1. The first-order chi connectivity index (χ1) is 11.5. The minimum Gasteiger partial charge on any atom is -0.493 e. The second-order valence-corrected chi connectivity index (χ2v) is 6.48. The third-order valence-electron chi connectivity index (χ3n) is 4.79. The standard InChI is InChI=1S/C18H24N2O4/c1-4-7-24-15-6-5-12(8-16(15)23-3)9-20-10-13-14(11-20)18(22)19(2)17(13)21/h5-6,8,13-14H,4,7,9-11H2,1-3H3/t13-,14+. The average Bonchev–Trinajstić information content (AvgIpc) is 3.09. The number of rotatable bonds is 6. The fraction of sp³-hybridized carbons (Fsp3) is 0.556. The fourth-order valence-electron chi connectivity index (χ4n) is 3.52. The number of amides is 2. The van der Waals surface area contributed by atoms with Crippen molar-refractivity contribution in [1.29, 1.82) is 0 Å². The minimum absolute atomic E-state index is 0.0478. The Labute approximate surface area is 142 Å². The van der Waals surface area contributed by atoms with E-state index in [1.54, 1.807) is 14.2 Å². The van der Waals surface area contributed by atoms with E-state index in [-0.39, 0.29) is 23.7 Å². The van der Waals surface area contributed by atoms with Gasteiger partial charge in [0.15, 0.2) is 11.5 Å². The van der Waals surface area contributed by atoms with Gasteiger partial charge < -0.3 is 9.47 Å². The smallest absolute Gasteiger partial charge is 0.234 e. The maximum absolute atomic E-state index is 12.1. The van der Waals surface area contributed by atoms with Gasteiger partial charge in [-0.15, -0.1) is 0 Å². The number of fused-ring (bicyclic) bond motifs is 1. The Bertz CT molecular complexity index is 622. The lowest BCUT2D eigenvalue weighted by Crippen LogP contribution is -2.32. The molecule has 2 saturated heterocycles. The topological polar surface area (TPSA) is 59.1 Å². The lowest BCUT2D eigenvalue weighted by atomic mass is 10.00. The Morgan fingerprint density at radius 1 is 1.12 bits per heavy atom. The fourth-order valence-corrected chi connectivity index (χ4v) is 3.52. The van der Waals surface area contributed by atoms with Gasteiger partial charge in [-0.25, -0.2) is 0 Å². The molecule has 1 aromatic carbocycles. The van der Waals surface area contributed by atoms with Crippen LogP contribution in [0, 0.1) is 11.8 Å². The molecule has 6 nitrogen and oxygen atoms in total. The molecule has 0 saturated carbocycles. The highest BCUT2D eigenvalue weighted by Gasteiger charge is 2.50. The van der Waals surface area contributed by atoms with Crippen LogP contribution in [0.4, 0.5) is 0 Å². The normalized spacial score (nSPS) is 23.7. The van der Waals surface area contributed by atoms with Gasteiger partial charge in [0.2, 0.25) is 11.8 Å². The molecule has 6 heteroatoms. The van der Waals surface area contributed by atoms with Crippen molar-refractivity contribution >= 4 is 11.8 Å². The van der Waals surface area contributed by atoms with Crippen molar-refractivity contribution in [3.8, 4) is 11.5 Å². The summed E-state index contributed by atoms with van der Waals surface area (Å²) in [6.45, 7) is 4.68. The number of hydrogen-bond donors (Lipinski definition) is 0. The highest BCUT2D eigenvalue weighted by atomic mass is 16.5. The predicted octanol–water partition coefficient (Wildman–Crippen LogP) is 1.53. The molecule has 2 amide bonds. The molecule has 1 aromatic rings. The molecule has 2 heterocycles. The molecule has 130 valence electrons. The first-order valence-electron chi connectivity index (χ1n) is 8.38. The number of hydrogen-bond acceptors (Lipinski definition) is 5. The van der Waals surface area contributed by atoms with E-state index in [1.807, 2.05) is 18.2 Å². The lowest BCUT2D eigenvalue weighted by Gasteiger charge is -2.19. The first-order valence-corrected chi connectivity index (χ1v) is 8.38. The maximum Gasteiger partial charge on any atom is 0.234 e. The molecule has 2 fully saturated rings. The predicted molar refractivity (Wildman–Crippen MR) is 88.8 cm³/mol. The summed E-state index contributed by atoms with van der Waals surface area (Å²) < 4.78 is 11.1. The van der Waals surface area contributed by atoms with E-state index in [9.17, 15) is 9.59 Å². The van der Waals surface area contributed by atoms with Gasteiger partial charge in [0.1, 0.15) is 0 Å². The molecule has 0 spiro atoms. The number of carbonyl (C=O) groups excluding carboxylic acids is 2. The van der Waals surface area contributed by atoms with E-state index in [1.165, 1.54) is 4.90 Å². The van der Waals surface area contributed by atoms with Crippen LogP contribution < -0.4 is 9.47 Å². The number of ether oxygens (including phenoxy) is 2. The minimum atomic E-state index is -0.184. The second kappa shape index (κ2) is 6.81. The molecule has 0 unspecified atom stereocenters. The molecule has 2 aliphatic rings. The molecular weight excluding hydrogens is 308 g/mol. The van der Waals surface area contributed by atoms with Crippen molar-refractivity contribution in [2.24, 2.45) is 11.8 Å². The molecule has 0 N–H and O–H groups in total. The monoisotopic (exact) mass is 332 g/mol. The van der Waals surface area contributed by atoms with Crippen LogP contribution in [-0.4, -0.2) is 55.5 Å². The van der Waals surface area contributed by atoms with Gasteiger partial charge in [-0.05, 0) is 24.1 Å². The molecule has 0 bridgehead atoms. The number of carbonyl (C=O) groups is 2. The van der Waals surface area contributed by atoms with Gasteiger partial charge in [0, 0.05) is 26.7 Å². The Morgan fingerprint density at radius 3 is 2.38 bits per heavy atom. The van der Waals surface area contributed by atoms with Crippen LogP contribution in [-0.2, 0) is 16.1 Å². The van der Waals surface area contributed by atoms with Crippen LogP contribution in [0.2, 0.25) is 0 Å². The van der Waals surface area contributed by atoms with Gasteiger partial charge in [-0.1, -0.05) is 13.0 Å². The van der Waals surface area contributed by atoms with Crippen molar-refractivity contribution in [2.75, 3.05) is 33.9 Å². The van der Waals surface area contributed by atoms with Crippen LogP contribution >= 0.6 is 0 Å². The first kappa shape index (κ1) is 16.8. The highest BCUT2D eigenvalue weighted by Crippen LogP contribution is 2.34. The summed E-state index contributed by atoms with van der Waals surface area (Å²) in [7, 11) is 3.21. The van der Waals surface area contributed by atoms with E-state index in [2.05, 4.69) is 11.8 Å². The Balaban J connectivity index is 1.67. The van der Waals surface area contributed by atoms with Crippen molar-refractivity contribution in [1.82, 2.24) is 9.80 Å². The van der Waals surface area contributed by atoms with Crippen molar-refractivity contribution < 1.29 is 19.1 Å². The third kappa shape index (κ3) is 2.98. The van der Waals surface area contributed by atoms with Crippen LogP contribution in [0.25, 0.3) is 0 Å². The molecular formula is C18H24N2O4. The molecule has 3 rings (SSSR count). The quantitative estimate of drug-likeness (QED) is 0.740. The molecule has 0 radical (unpaired) electrons. The number of nitrogens with zero attached hydrogens (tertiary/aromatic N) is 2. The number of methoxy groups -OCH3 is 1. The zero-order chi connectivity index (χ0) is 17.3. The van der Waals surface area contributed by atoms with Gasteiger partial charge in [-0.3, -0.25) is 19.4 Å². The third-order valence-corrected chi connectivity index (χ3v) is 4.79. The summed E-state index contributed by atoms with van der Waals surface area (Å²) in [6, 6.07) is 5.90. The Morgan fingerprint density at radius 2 is 1.79 bits per heavy atom. The SMILES string of the molecule is CCCOc1ccc(CN2C[C@@H]3C(=O)N(C)C(=O)[C@@H]3C2)cc1OC. The number of likely N-dealkylation sites (tertiary alicyclic amines) is 2. The molecule has 2 atom stereocenters. The summed E-state index contributed by atoms with van der Waals surface area (Å²) in [5, 5.41) is 0. The van der Waals surface area contributed by atoms with Crippen LogP contribution in [0.3, 0.4) is 0 Å². The second-order valence-electron chi connectivity index (χ2n) is 6.48.